The molecule has 0 aliphatic heterocycles. The molecule has 0 unspecified atom stereocenters. The van der Waals surface area contributed by atoms with Crippen LogP contribution >= 0.6 is 0 Å². The van der Waals surface area contributed by atoms with Crippen LogP contribution < -0.4 is 5.73 Å². The number of amides is 1. The van der Waals surface area contributed by atoms with Crippen LogP contribution in [0.2, 0.25) is 0 Å². The summed E-state index contributed by atoms with van der Waals surface area (Å²) in [5, 5.41) is 13.5. The van der Waals surface area contributed by atoms with Gasteiger partial charge in [0.2, 0.25) is 5.91 Å². The maximum atomic E-state index is 11.3. The van der Waals surface area contributed by atoms with E-state index in [2.05, 4.69) is 20.6 Å². The van der Waals surface area contributed by atoms with Crippen molar-refractivity contribution < 1.29 is 4.79 Å². The van der Waals surface area contributed by atoms with Gasteiger partial charge in [-0.05, 0) is 28.5 Å². The minimum absolute atomic E-state index is 0.439. The summed E-state index contributed by atoms with van der Waals surface area (Å²) < 4.78 is 0. The Balaban J connectivity index is 2.62. The third kappa shape index (κ3) is 1.65. The summed E-state index contributed by atoms with van der Waals surface area (Å²) in [5.41, 5.74) is 7.49. The number of primary amides is 1. The highest BCUT2D eigenvalue weighted by Gasteiger charge is 2.13. The molecule has 0 atom stereocenters. The van der Waals surface area contributed by atoms with E-state index < -0.39 is 5.91 Å². The summed E-state index contributed by atoms with van der Waals surface area (Å²) in [6, 6.07) is 5.32. The second kappa shape index (κ2) is 4.09. The number of hydrogen-bond acceptors (Lipinski definition) is 4. The number of H-pyrrole nitrogens is 1. The van der Waals surface area contributed by atoms with Crippen LogP contribution in [0.25, 0.3) is 11.4 Å². The van der Waals surface area contributed by atoms with E-state index in [0.29, 0.717) is 17.8 Å². The average molecular weight is 217 g/mol. The smallest absolute Gasteiger partial charge is 0.248 e. The molecule has 0 saturated carbocycles. The highest BCUT2D eigenvalue weighted by Crippen LogP contribution is 2.23. The van der Waals surface area contributed by atoms with Gasteiger partial charge in [0.15, 0.2) is 5.82 Å². The monoisotopic (exact) mass is 217 g/mol. The molecule has 2 aromatic rings. The Morgan fingerprint density at radius 1 is 1.50 bits per heavy atom. The van der Waals surface area contributed by atoms with E-state index in [4.69, 9.17) is 5.73 Å². The first-order valence-electron chi connectivity index (χ1n) is 4.89. The standard InChI is InChI=1S/C10H11N5O/c1-2-6-7(9(11)16)4-3-5-8(6)10-12-14-15-13-10/h3-5H,2H2,1H3,(H2,11,16)(H,12,13,14,15). The van der Waals surface area contributed by atoms with E-state index in [0.717, 1.165) is 11.1 Å². The summed E-state index contributed by atoms with van der Waals surface area (Å²) in [6.07, 6.45) is 0.690. The maximum absolute atomic E-state index is 11.3. The van der Waals surface area contributed by atoms with Gasteiger partial charge < -0.3 is 5.73 Å². The molecule has 0 spiro atoms. The number of tetrazole rings is 1. The molecule has 0 fully saturated rings. The first-order chi connectivity index (χ1) is 7.74. The van der Waals surface area contributed by atoms with Crippen molar-refractivity contribution in [2.45, 2.75) is 13.3 Å². The predicted octanol–water partition coefficient (Wildman–Crippen LogP) is 0.528. The summed E-state index contributed by atoms with van der Waals surface area (Å²) in [6.45, 7) is 1.95. The van der Waals surface area contributed by atoms with Crippen molar-refractivity contribution >= 4 is 5.91 Å². The number of benzene rings is 1. The highest BCUT2D eigenvalue weighted by molar-refractivity contribution is 5.96. The Bertz CT molecular complexity index is 506. The lowest BCUT2D eigenvalue weighted by Gasteiger charge is -2.08. The Kier molecular flexibility index (Phi) is 2.63. The lowest BCUT2D eigenvalue weighted by molar-refractivity contribution is 0.0999. The summed E-state index contributed by atoms with van der Waals surface area (Å²) in [5.74, 6) is 0.103. The van der Waals surface area contributed by atoms with Crippen molar-refractivity contribution in [3.05, 3.63) is 29.3 Å². The molecule has 0 aliphatic rings. The number of rotatable bonds is 3. The van der Waals surface area contributed by atoms with Crippen LogP contribution in [0.15, 0.2) is 18.2 Å². The van der Waals surface area contributed by atoms with Gasteiger partial charge in [-0.25, -0.2) is 5.10 Å². The van der Waals surface area contributed by atoms with Crippen LogP contribution in [0.3, 0.4) is 0 Å². The number of hydrogen-bond donors (Lipinski definition) is 2. The van der Waals surface area contributed by atoms with Gasteiger partial charge in [-0.15, -0.1) is 5.10 Å². The zero-order valence-corrected chi connectivity index (χ0v) is 8.77. The SMILES string of the molecule is CCc1c(C(N)=O)cccc1-c1nnn[nH]1. The van der Waals surface area contributed by atoms with Gasteiger partial charge in [-0.1, -0.05) is 19.1 Å². The largest absolute Gasteiger partial charge is 0.366 e. The summed E-state index contributed by atoms with van der Waals surface area (Å²) in [4.78, 5) is 11.3. The number of nitrogens with zero attached hydrogens (tertiary/aromatic N) is 3. The van der Waals surface area contributed by atoms with Crippen molar-refractivity contribution in [2.75, 3.05) is 0 Å². The third-order valence-electron chi connectivity index (χ3n) is 2.40. The van der Waals surface area contributed by atoms with E-state index in [9.17, 15) is 4.79 Å². The van der Waals surface area contributed by atoms with Crippen molar-refractivity contribution in [3.8, 4) is 11.4 Å². The molecule has 0 bridgehead atoms. The van der Waals surface area contributed by atoms with Crippen LogP contribution in [0.1, 0.15) is 22.8 Å². The molecule has 1 heterocycles. The number of nitrogens with one attached hydrogen (secondary N) is 1. The van der Waals surface area contributed by atoms with Gasteiger partial charge in [0, 0.05) is 11.1 Å². The van der Waals surface area contributed by atoms with E-state index >= 15 is 0 Å². The fourth-order valence-electron chi connectivity index (χ4n) is 1.69. The number of aromatic nitrogens is 4. The topological polar surface area (TPSA) is 97.6 Å². The molecular formula is C10H11N5O. The van der Waals surface area contributed by atoms with Crippen LogP contribution in [-0.4, -0.2) is 26.5 Å². The number of carbonyl (C=O) groups is 1. The molecule has 0 aliphatic carbocycles. The normalized spacial score (nSPS) is 10.3. The second-order valence-electron chi connectivity index (χ2n) is 3.30. The zero-order chi connectivity index (χ0) is 11.5. The van der Waals surface area contributed by atoms with Crippen molar-refractivity contribution in [1.82, 2.24) is 20.6 Å². The minimum Gasteiger partial charge on any atom is -0.366 e. The maximum Gasteiger partial charge on any atom is 0.248 e. The zero-order valence-electron chi connectivity index (χ0n) is 8.77. The number of nitrogens with two attached hydrogens (primary N) is 1. The molecule has 1 amide bonds. The molecule has 82 valence electrons. The number of aromatic amines is 1. The predicted molar refractivity (Wildman–Crippen MR) is 57.5 cm³/mol. The molecule has 2 rings (SSSR count). The average Bonchev–Trinajstić information content (AvgIpc) is 2.81. The Morgan fingerprint density at radius 3 is 2.88 bits per heavy atom. The molecule has 6 nitrogen and oxygen atoms in total. The van der Waals surface area contributed by atoms with Crippen molar-refractivity contribution in [2.24, 2.45) is 5.73 Å². The Morgan fingerprint density at radius 2 is 2.31 bits per heavy atom. The Labute approximate surface area is 91.9 Å². The van der Waals surface area contributed by atoms with E-state index in [1.165, 1.54) is 0 Å². The molecule has 1 aromatic heterocycles. The van der Waals surface area contributed by atoms with Gasteiger partial charge in [-0.2, -0.15) is 0 Å². The fourth-order valence-corrected chi connectivity index (χ4v) is 1.69. The summed E-state index contributed by atoms with van der Waals surface area (Å²) in [7, 11) is 0. The first-order valence-corrected chi connectivity index (χ1v) is 4.89. The Hall–Kier alpha value is -2.24. The minimum atomic E-state index is -0.439. The van der Waals surface area contributed by atoms with E-state index in [1.54, 1.807) is 12.1 Å². The molecule has 1 aromatic carbocycles. The molecule has 0 saturated heterocycles. The van der Waals surface area contributed by atoms with Gasteiger partial charge in [0.1, 0.15) is 0 Å². The van der Waals surface area contributed by atoms with Crippen LogP contribution in [0, 0.1) is 0 Å². The van der Waals surface area contributed by atoms with Crippen LogP contribution in [0.5, 0.6) is 0 Å². The van der Waals surface area contributed by atoms with E-state index in [1.807, 2.05) is 13.0 Å². The van der Waals surface area contributed by atoms with Gasteiger partial charge in [0.25, 0.3) is 0 Å². The lowest BCUT2D eigenvalue weighted by atomic mass is 9.98. The van der Waals surface area contributed by atoms with Gasteiger partial charge in [-0.3, -0.25) is 4.79 Å². The second-order valence-corrected chi connectivity index (χ2v) is 3.30. The van der Waals surface area contributed by atoms with Crippen LogP contribution in [-0.2, 0) is 6.42 Å². The number of carbonyl (C=O) groups excluding carboxylic acids is 1. The highest BCUT2D eigenvalue weighted by atomic mass is 16.1. The molecule has 6 heteroatoms. The molecule has 16 heavy (non-hydrogen) atoms. The van der Waals surface area contributed by atoms with Crippen LogP contribution in [0.4, 0.5) is 0 Å². The molecular weight excluding hydrogens is 206 g/mol. The molecule has 3 N–H and O–H groups in total. The third-order valence-corrected chi connectivity index (χ3v) is 2.40. The van der Waals surface area contributed by atoms with Crippen molar-refractivity contribution in [3.63, 3.8) is 0 Å². The van der Waals surface area contributed by atoms with Crippen molar-refractivity contribution in [1.29, 1.82) is 0 Å². The van der Waals surface area contributed by atoms with Gasteiger partial charge >= 0.3 is 0 Å². The lowest BCUT2D eigenvalue weighted by Crippen LogP contribution is -2.14. The summed E-state index contributed by atoms with van der Waals surface area (Å²) >= 11 is 0. The quantitative estimate of drug-likeness (QED) is 0.783. The van der Waals surface area contributed by atoms with Gasteiger partial charge in [0.05, 0.1) is 0 Å². The fraction of sp³-hybridized carbons (Fsp3) is 0.200. The van der Waals surface area contributed by atoms with E-state index in [-0.39, 0.29) is 0 Å². The molecule has 0 radical (unpaired) electrons. The first kappa shape index (κ1) is 10.3.